The topological polar surface area (TPSA) is 47.6 Å². The quantitative estimate of drug-likeness (QED) is 0.149. The summed E-state index contributed by atoms with van der Waals surface area (Å²) in [6, 6.07) is 86.8. The summed E-state index contributed by atoms with van der Waals surface area (Å²) in [7, 11) is 0. The fourth-order valence-corrected chi connectivity index (χ4v) is 19.4. The molecule has 574 valence electrons. The van der Waals surface area contributed by atoms with E-state index in [0.29, 0.717) is 39.4 Å². The minimum Gasteiger partial charge on any atom is -0.456 e. The summed E-state index contributed by atoms with van der Waals surface area (Å²) in [6.45, 7) is 33.5. The van der Waals surface area contributed by atoms with Gasteiger partial charge in [0.15, 0.2) is 0 Å². The van der Waals surface area contributed by atoms with E-state index in [1.165, 1.54) is 22.3 Å². The van der Waals surface area contributed by atoms with Gasteiger partial charge in [-0.05, 0) is 221 Å². The highest BCUT2D eigenvalue weighted by Gasteiger charge is 2.47. The SMILES string of the molecule is [2H]c1c([2H])c([2H])c2c(c1[2H])c1c([2H])c([2H])c([2H])c([2H])c1n2-c1cc2c3c(c1)N(c1c(-c4ccccc4C(C)(C)C)ccc4oc5ccccc5c14)c1cc(-n4c5ccc(C(C)(C)C)cc5c5cc(C(C)(C)C)ccc54)ccc1B3c1ccc(-n3c4ccc(C(C)(C)C)cc4c4cc(C(C)(C)C)ccc43)cc1N2c1cc(-c2ccccc2)cc2oc3ccccc3c12. The minimum absolute atomic E-state index is 0.00925. The zero-order valence-electron chi connectivity index (χ0n) is 77.3. The van der Waals surface area contributed by atoms with Crippen molar-refractivity contribution in [2.45, 2.75) is 131 Å². The van der Waals surface area contributed by atoms with Crippen molar-refractivity contribution in [3.8, 4) is 39.3 Å². The molecule has 8 heteroatoms. The number of para-hydroxylation sites is 4. The summed E-state index contributed by atoms with van der Waals surface area (Å²) in [4.78, 5) is 4.86. The van der Waals surface area contributed by atoms with Gasteiger partial charge in [0.25, 0.3) is 6.71 Å². The van der Waals surface area contributed by atoms with Crippen LogP contribution in [-0.2, 0) is 27.1 Å². The van der Waals surface area contributed by atoms with Crippen molar-refractivity contribution in [3.63, 3.8) is 0 Å². The van der Waals surface area contributed by atoms with Gasteiger partial charge in [0.1, 0.15) is 22.3 Å². The molecule has 0 aliphatic carbocycles. The number of aromatic nitrogens is 3. The van der Waals surface area contributed by atoms with E-state index in [9.17, 15) is 11.0 Å². The van der Waals surface area contributed by atoms with Crippen LogP contribution in [0.1, 0.15) is 143 Å². The lowest BCUT2D eigenvalue weighted by atomic mass is 9.33. The molecule has 0 N–H and O–H groups in total. The maximum absolute atomic E-state index is 10.4. The number of hydrogen-bond acceptors (Lipinski definition) is 4. The summed E-state index contributed by atoms with van der Waals surface area (Å²) >= 11 is 0. The summed E-state index contributed by atoms with van der Waals surface area (Å²) in [5, 5.41) is 7.91. The molecule has 0 saturated carbocycles. The lowest BCUT2D eigenvalue weighted by Gasteiger charge is -2.45. The standard InChI is InChI=1S/C110H94BN5O2/c1-106(2,3)67-41-50-89-80(57-67)81-58-68(107(4,5)6)42-51-90(81)112(89)71-45-48-85-93(61-71)115(95-55-66(65-29-17-16-18-30-65)56-101-102(95)78-34-22-27-39-98(78)118-101)96-63-73(114-87-37-25-20-32-75(87)76-33-21-26-38-88(76)114)64-97-104(96)111(85)86-49-46-72(113-91-52-43-69(108(7,8)9)59-82(91)83-60-70(109(10,11)12)44-53-92(83)113)62-94(86)116(97)105-77(74-31-19-24-36-84(74)110(13,14)15)47-54-100-103(105)79-35-23-28-40-99(79)117-100/h16-64H,1-15H3/i20D,21D,25D,26D,32D,33D,37D,38D. The molecule has 2 aliphatic rings. The Hall–Kier alpha value is -13.0. The van der Waals surface area contributed by atoms with E-state index in [4.69, 9.17) is 8.83 Å². The molecule has 22 rings (SSSR count). The predicted octanol–water partition coefficient (Wildman–Crippen LogP) is 28.7. The highest BCUT2D eigenvalue weighted by atomic mass is 16.3. The van der Waals surface area contributed by atoms with E-state index in [-0.39, 0.29) is 43.5 Å². The molecule has 5 aromatic heterocycles. The van der Waals surface area contributed by atoms with Crippen molar-refractivity contribution in [1.29, 1.82) is 0 Å². The fraction of sp³-hybridized carbons (Fsp3) is 0.182. The average Bonchev–Trinajstić information content (AvgIpc) is 1.17. The molecule has 0 atom stereocenters. The van der Waals surface area contributed by atoms with Gasteiger partial charge in [-0.1, -0.05) is 268 Å². The Morgan fingerprint density at radius 2 is 0.712 bits per heavy atom. The van der Waals surface area contributed by atoms with E-state index >= 15 is 0 Å². The van der Waals surface area contributed by atoms with E-state index in [1.54, 1.807) is 4.57 Å². The predicted molar refractivity (Wildman–Crippen MR) is 502 cm³/mol. The van der Waals surface area contributed by atoms with Gasteiger partial charge in [-0.3, -0.25) is 0 Å². The number of rotatable bonds is 7. The number of benzene rings is 15. The fourth-order valence-electron chi connectivity index (χ4n) is 19.4. The average molecular weight is 1540 g/mol. The summed E-state index contributed by atoms with van der Waals surface area (Å²) < 4.78 is 100. The highest BCUT2D eigenvalue weighted by molar-refractivity contribution is 7.00. The van der Waals surface area contributed by atoms with Gasteiger partial charge in [0, 0.05) is 82.8 Å². The van der Waals surface area contributed by atoms with Crippen LogP contribution in [0.15, 0.2) is 306 Å². The number of nitrogens with zero attached hydrogens (tertiary/aromatic N) is 5. The lowest BCUT2D eigenvalue weighted by Crippen LogP contribution is -2.61. The number of furan rings is 2. The Labute approximate surface area is 700 Å². The van der Waals surface area contributed by atoms with E-state index < -0.39 is 60.5 Å². The first-order valence-electron chi connectivity index (χ1n) is 45.3. The zero-order valence-corrected chi connectivity index (χ0v) is 69.3. The molecule has 0 fully saturated rings. The first kappa shape index (κ1) is 63.2. The van der Waals surface area contributed by atoms with Crippen LogP contribution >= 0.6 is 0 Å². The monoisotopic (exact) mass is 1540 g/mol. The Kier molecular flexibility index (Phi) is 13.5. The van der Waals surface area contributed by atoms with Crippen LogP contribution in [0, 0.1) is 0 Å². The molecular formula is C110H94BN5O2. The maximum atomic E-state index is 10.4. The zero-order chi connectivity index (χ0) is 87.7. The lowest BCUT2D eigenvalue weighted by molar-refractivity contribution is 0.590. The van der Waals surface area contributed by atoms with Crippen LogP contribution in [0.25, 0.3) is 149 Å². The largest absolute Gasteiger partial charge is 0.456 e. The molecule has 118 heavy (non-hydrogen) atoms. The van der Waals surface area contributed by atoms with Crippen molar-refractivity contribution in [3.05, 3.63) is 325 Å². The Bertz CT molecular complexity index is 7970. The van der Waals surface area contributed by atoms with Gasteiger partial charge in [0.2, 0.25) is 0 Å². The van der Waals surface area contributed by atoms with Crippen LogP contribution in [0.5, 0.6) is 0 Å². The second kappa shape index (κ2) is 25.2. The molecule has 0 amide bonds. The third kappa shape index (κ3) is 10.8. The van der Waals surface area contributed by atoms with Gasteiger partial charge in [0.05, 0.1) is 71.9 Å². The summed E-state index contributed by atoms with van der Waals surface area (Å²) in [6.07, 6.45) is 0. The molecule has 7 heterocycles. The molecule has 15 aromatic carbocycles. The smallest absolute Gasteiger partial charge is 0.252 e. The molecule has 0 unspecified atom stereocenters. The number of fused-ring (bicyclic) bond motifs is 19. The third-order valence-corrected chi connectivity index (χ3v) is 25.4. The Morgan fingerprint density at radius 1 is 0.280 bits per heavy atom. The molecule has 0 radical (unpaired) electrons. The molecule has 2 aliphatic heterocycles. The van der Waals surface area contributed by atoms with Crippen LogP contribution in [-0.4, -0.2) is 20.4 Å². The van der Waals surface area contributed by atoms with Crippen molar-refractivity contribution >= 4 is 167 Å². The van der Waals surface area contributed by atoms with E-state index in [1.807, 2.05) is 30.3 Å². The molecule has 0 saturated heterocycles. The van der Waals surface area contributed by atoms with Crippen LogP contribution < -0.4 is 26.2 Å². The Morgan fingerprint density at radius 3 is 1.22 bits per heavy atom. The molecule has 0 bridgehead atoms. The molecule has 20 aromatic rings. The summed E-state index contributed by atoms with van der Waals surface area (Å²) in [5.74, 6) is 0. The molecule has 0 spiro atoms. The first-order chi connectivity index (χ1) is 60.0. The van der Waals surface area contributed by atoms with E-state index in [0.717, 1.165) is 143 Å². The molecule has 7 nitrogen and oxygen atoms in total. The third-order valence-electron chi connectivity index (χ3n) is 25.4. The van der Waals surface area contributed by atoms with E-state index in [2.05, 4.69) is 341 Å². The van der Waals surface area contributed by atoms with Crippen LogP contribution in [0.3, 0.4) is 0 Å². The van der Waals surface area contributed by atoms with Gasteiger partial charge in [-0.15, -0.1) is 0 Å². The van der Waals surface area contributed by atoms with Crippen molar-refractivity contribution in [1.82, 2.24) is 13.7 Å². The van der Waals surface area contributed by atoms with Gasteiger partial charge in [-0.2, -0.15) is 0 Å². The Balaban J connectivity index is 0.972. The first-order valence-corrected chi connectivity index (χ1v) is 41.3. The maximum Gasteiger partial charge on any atom is 0.252 e. The second-order valence-electron chi connectivity index (χ2n) is 37.9. The number of anilines is 6. The van der Waals surface area contributed by atoms with Gasteiger partial charge < -0.3 is 32.3 Å². The summed E-state index contributed by atoms with van der Waals surface area (Å²) in [5.41, 5.74) is 25.1. The van der Waals surface area contributed by atoms with Crippen LogP contribution in [0.4, 0.5) is 34.1 Å². The highest BCUT2D eigenvalue weighted by Crippen LogP contribution is 2.56. The second-order valence-corrected chi connectivity index (χ2v) is 37.9. The minimum atomic E-state index is -0.611. The number of hydrogen-bond donors (Lipinski definition) is 0. The molecular weight excluding hydrogens is 1430 g/mol. The van der Waals surface area contributed by atoms with Gasteiger partial charge >= 0.3 is 0 Å². The van der Waals surface area contributed by atoms with Crippen LogP contribution in [0.2, 0.25) is 0 Å². The van der Waals surface area contributed by atoms with Crippen molar-refractivity contribution in [2.75, 3.05) is 9.80 Å². The van der Waals surface area contributed by atoms with Crippen molar-refractivity contribution < 1.29 is 19.8 Å². The van der Waals surface area contributed by atoms with Gasteiger partial charge in [-0.25, -0.2) is 0 Å². The van der Waals surface area contributed by atoms with Crippen molar-refractivity contribution in [2.24, 2.45) is 0 Å². The normalized spacial score (nSPS) is 14.4.